The van der Waals surface area contributed by atoms with E-state index in [9.17, 15) is 5.11 Å². The first kappa shape index (κ1) is 13.0. The van der Waals surface area contributed by atoms with Crippen molar-refractivity contribution in [3.05, 3.63) is 29.8 Å². The van der Waals surface area contributed by atoms with Crippen LogP contribution in [0.2, 0.25) is 0 Å². The van der Waals surface area contributed by atoms with Gasteiger partial charge in [-0.05, 0) is 31.0 Å². The van der Waals surface area contributed by atoms with Gasteiger partial charge in [0, 0.05) is 7.11 Å². The number of benzene rings is 1. The number of methoxy groups -OCH3 is 1. The molecule has 2 atom stereocenters. The zero-order chi connectivity index (χ0) is 12.0. The summed E-state index contributed by atoms with van der Waals surface area (Å²) in [5.74, 6) is 0.802. The molecule has 1 aromatic rings. The van der Waals surface area contributed by atoms with Gasteiger partial charge in [-0.15, -0.1) is 0 Å². The van der Waals surface area contributed by atoms with Gasteiger partial charge in [0.2, 0.25) is 0 Å². The van der Waals surface area contributed by atoms with Crippen molar-refractivity contribution in [3.63, 3.8) is 0 Å². The Bertz CT molecular complexity index is 295. The van der Waals surface area contributed by atoms with Crippen molar-refractivity contribution in [1.29, 1.82) is 0 Å². The number of ether oxygens (including phenoxy) is 2. The van der Waals surface area contributed by atoms with Gasteiger partial charge in [0.25, 0.3) is 0 Å². The summed E-state index contributed by atoms with van der Waals surface area (Å²) in [7, 11) is 1.66. The Balaban J connectivity index is 2.51. The van der Waals surface area contributed by atoms with Gasteiger partial charge >= 0.3 is 0 Å². The van der Waals surface area contributed by atoms with Crippen LogP contribution in [0.15, 0.2) is 24.3 Å². The molecular weight excluding hydrogens is 204 g/mol. The number of aliphatic hydroxyl groups excluding tert-OH is 1. The van der Waals surface area contributed by atoms with Crippen molar-refractivity contribution >= 4 is 0 Å². The van der Waals surface area contributed by atoms with E-state index >= 15 is 0 Å². The first-order chi connectivity index (χ1) is 7.67. The van der Waals surface area contributed by atoms with E-state index in [1.54, 1.807) is 7.11 Å². The minimum Gasteiger partial charge on any atom is -0.491 e. The fourth-order valence-corrected chi connectivity index (χ4v) is 1.30. The van der Waals surface area contributed by atoms with Crippen molar-refractivity contribution in [3.8, 4) is 5.75 Å². The Labute approximate surface area is 97.0 Å². The summed E-state index contributed by atoms with van der Waals surface area (Å²) in [4.78, 5) is 0. The SMILES string of the molecule is CC[C@H](O)c1ccc(OCC(C)OC)cc1. The quantitative estimate of drug-likeness (QED) is 0.807. The highest BCUT2D eigenvalue weighted by Crippen LogP contribution is 2.19. The lowest BCUT2D eigenvalue weighted by Gasteiger charge is -2.12. The van der Waals surface area contributed by atoms with Crippen molar-refractivity contribution in [1.82, 2.24) is 0 Å². The highest BCUT2D eigenvalue weighted by atomic mass is 16.5. The van der Waals surface area contributed by atoms with Crippen LogP contribution in [-0.4, -0.2) is 24.9 Å². The van der Waals surface area contributed by atoms with Gasteiger partial charge in [0.05, 0.1) is 12.2 Å². The van der Waals surface area contributed by atoms with Gasteiger partial charge < -0.3 is 14.6 Å². The standard InChI is InChI=1S/C13H20O3/c1-4-13(14)11-5-7-12(8-6-11)16-9-10(2)15-3/h5-8,10,13-14H,4,9H2,1-3H3/t10?,13-/m0/s1. The monoisotopic (exact) mass is 224 g/mol. The number of rotatable bonds is 6. The van der Waals surface area contributed by atoms with E-state index in [1.807, 2.05) is 38.1 Å². The average molecular weight is 224 g/mol. The molecule has 0 aliphatic rings. The Kier molecular flexibility index (Phi) is 5.29. The number of hydrogen-bond acceptors (Lipinski definition) is 3. The van der Waals surface area contributed by atoms with Crippen LogP contribution in [-0.2, 0) is 4.74 Å². The minimum absolute atomic E-state index is 0.0842. The van der Waals surface area contributed by atoms with E-state index in [-0.39, 0.29) is 12.2 Å². The van der Waals surface area contributed by atoms with Crippen LogP contribution < -0.4 is 4.74 Å². The van der Waals surface area contributed by atoms with Gasteiger partial charge in [-0.2, -0.15) is 0 Å². The summed E-state index contributed by atoms with van der Waals surface area (Å²) in [6, 6.07) is 7.52. The first-order valence-electron chi connectivity index (χ1n) is 5.61. The largest absolute Gasteiger partial charge is 0.491 e. The zero-order valence-electron chi connectivity index (χ0n) is 10.1. The molecular formula is C13H20O3. The molecule has 0 spiro atoms. The smallest absolute Gasteiger partial charge is 0.119 e. The molecule has 0 aliphatic carbocycles. The maximum atomic E-state index is 9.62. The second-order valence-corrected chi connectivity index (χ2v) is 3.85. The van der Waals surface area contributed by atoms with Crippen LogP contribution in [0.25, 0.3) is 0 Å². The molecule has 1 unspecified atom stereocenters. The van der Waals surface area contributed by atoms with Crippen LogP contribution in [0, 0.1) is 0 Å². The van der Waals surface area contributed by atoms with Crippen molar-refractivity contribution < 1.29 is 14.6 Å². The zero-order valence-corrected chi connectivity index (χ0v) is 10.1. The Morgan fingerprint density at radius 3 is 2.38 bits per heavy atom. The molecule has 0 fully saturated rings. The third-order valence-electron chi connectivity index (χ3n) is 2.54. The second-order valence-electron chi connectivity index (χ2n) is 3.85. The molecule has 3 nitrogen and oxygen atoms in total. The summed E-state index contributed by atoms with van der Waals surface area (Å²) in [5.41, 5.74) is 0.926. The number of hydrogen-bond donors (Lipinski definition) is 1. The van der Waals surface area contributed by atoms with Crippen molar-refractivity contribution in [2.75, 3.05) is 13.7 Å². The Hall–Kier alpha value is -1.06. The molecule has 0 aromatic heterocycles. The summed E-state index contributed by atoms with van der Waals surface area (Å²) in [6.07, 6.45) is 0.425. The molecule has 1 N–H and O–H groups in total. The second kappa shape index (κ2) is 6.51. The van der Waals surface area contributed by atoms with E-state index in [4.69, 9.17) is 9.47 Å². The van der Waals surface area contributed by atoms with E-state index in [1.165, 1.54) is 0 Å². The summed E-state index contributed by atoms with van der Waals surface area (Å²) in [5, 5.41) is 9.62. The average Bonchev–Trinajstić information content (AvgIpc) is 2.35. The maximum absolute atomic E-state index is 9.62. The molecule has 3 heteroatoms. The molecule has 16 heavy (non-hydrogen) atoms. The molecule has 0 saturated carbocycles. The normalized spacial score (nSPS) is 14.5. The predicted molar refractivity (Wildman–Crippen MR) is 63.7 cm³/mol. The molecule has 0 amide bonds. The predicted octanol–water partition coefficient (Wildman–Crippen LogP) is 2.54. The van der Waals surface area contributed by atoms with Crippen molar-refractivity contribution in [2.45, 2.75) is 32.5 Å². The van der Waals surface area contributed by atoms with Gasteiger partial charge in [-0.3, -0.25) is 0 Å². The van der Waals surface area contributed by atoms with Crippen molar-refractivity contribution in [2.24, 2.45) is 0 Å². The minimum atomic E-state index is -0.382. The fourth-order valence-electron chi connectivity index (χ4n) is 1.30. The summed E-state index contributed by atoms with van der Waals surface area (Å²) < 4.78 is 10.6. The van der Waals surface area contributed by atoms with Crippen LogP contribution in [0.5, 0.6) is 5.75 Å². The molecule has 0 aliphatic heterocycles. The van der Waals surface area contributed by atoms with Gasteiger partial charge in [-0.25, -0.2) is 0 Å². The number of aliphatic hydroxyl groups is 1. The molecule has 0 saturated heterocycles. The van der Waals surface area contributed by atoms with Crippen LogP contribution in [0.1, 0.15) is 31.9 Å². The third-order valence-corrected chi connectivity index (χ3v) is 2.54. The Morgan fingerprint density at radius 1 is 1.25 bits per heavy atom. The lowest BCUT2D eigenvalue weighted by atomic mass is 10.1. The fraction of sp³-hybridized carbons (Fsp3) is 0.538. The lowest BCUT2D eigenvalue weighted by Crippen LogP contribution is -2.15. The lowest BCUT2D eigenvalue weighted by molar-refractivity contribution is 0.0716. The molecule has 1 rings (SSSR count). The highest BCUT2D eigenvalue weighted by molar-refractivity contribution is 5.28. The molecule has 0 bridgehead atoms. The van der Waals surface area contributed by atoms with E-state index in [2.05, 4.69) is 0 Å². The highest BCUT2D eigenvalue weighted by Gasteiger charge is 2.05. The topological polar surface area (TPSA) is 38.7 Å². The van der Waals surface area contributed by atoms with Gasteiger partial charge in [-0.1, -0.05) is 19.1 Å². The van der Waals surface area contributed by atoms with Crippen LogP contribution in [0.4, 0.5) is 0 Å². The van der Waals surface area contributed by atoms with Crippen LogP contribution >= 0.6 is 0 Å². The first-order valence-corrected chi connectivity index (χ1v) is 5.61. The third kappa shape index (κ3) is 3.83. The molecule has 1 aromatic carbocycles. The molecule has 0 heterocycles. The van der Waals surface area contributed by atoms with E-state index < -0.39 is 0 Å². The van der Waals surface area contributed by atoms with Gasteiger partial charge in [0.1, 0.15) is 12.4 Å². The van der Waals surface area contributed by atoms with Crippen LogP contribution in [0.3, 0.4) is 0 Å². The van der Waals surface area contributed by atoms with E-state index in [0.717, 1.165) is 17.7 Å². The Morgan fingerprint density at radius 2 is 1.88 bits per heavy atom. The van der Waals surface area contributed by atoms with E-state index in [0.29, 0.717) is 6.61 Å². The maximum Gasteiger partial charge on any atom is 0.119 e. The summed E-state index contributed by atoms with van der Waals surface area (Å²) in [6.45, 7) is 4.44. The molecule has 90 valence electrons. The molecule has 0 radical (unpaired) electrons. The summed E-state index contributed by atoms with van der Waals surface area (Å²) >= 11 is 0. The van der Waals surface area contributed by atoms with Gasteiger partial charge in [0.15, 0.2) is 0 Å².